The third-order valence-corrected chi connectivity index (χ3v) is 3.97. The molecule has 0 aromatic heterocycles. The average molecular weight is 396 g/mol. The molecule has 4 nitrogen and oxygen atoms in total. The number of benzene rings is 2. The van der Waals surface area contributed by atoms with Crippen molar-refractivity contribution in [3.63, 3.8) is 0 Å². The van der Waals surface area contributed by atoms with E-state index >= 15 is 0 Å². The first-order chi connectivity index (χ1) is 11.0. The molecular formula is C17H16BrClN2O2. The molecule has 2 rings (SSSR count). The number of carbonyl (C=O) groups is 2. The van der Waals surface area contributed by atoms with Crippen molar-refractivity contribution in [2.24, 2.45) is 0 Å². The molecule has 2 amide bonds. The Kier molecular flexibility index (Phi) is 6.19. The highest BCUT2D eigenvalue weighted by Gasteiger charge is 2.16. The summed E-state index contributed by atoms with van der Waals surface area (Å²) < 4.78 is 0.890. The van der Waals surface area contributed by atoms with Crippen LogP contribution in [0.15, 0.2) is 53.0 Å². The van der Waals surface area contributed by atoms with Crippen molar-refractivity contribution in [2.75, 3.05) is 0 Å². The fourth-order valence-electron chi connectivity index (χ4n) is 1.94. The van der Waals surface area contributed by atoms with E-state index in [2.05, 4.69) is 26.6 Å². The number of rotatable bonds is 5. The fourth-order valence-corrected chi connectivity index (χ4v) is 2.41. The summed E-state index contributed by atoms with van der Waals surface area (Å²) in [4.78, 5) is 24.1. The summed E-state index contributed by atoms with van der Waals surface area (Å²) in [5.74, 6) is -0.543. The van der Waals surface area contributed by atoms with Crippen LogP contribution >= 0.6 is 27.5 Å². The molecule has 23 heavy (non-hydrogen) atoms. The molecular weight excluding hydrogens is 380 g/mol. The Hall–Kier alpha value is -1.85. The minimum absolute atomic E-state index is 0.254. The van der Waals surface area contributed by atoms with Crippen molar-refractivity contribution in [2.45, 2.75) is 19.5 Å². The molecule has 0 saturated heterocycles. The zero-order valence-corrected chi connectivity index (χ0v) is 14.8. The van der Waals surface area contributed by atoms with E-state index in [1.54, 1.807) is 43.3 Å². The van der Waals surface area contributed by atoms with E-state index in [1.807, 2.05) is 12.1 Å². The van der Waals surface area contributed by atoms with E-state index in [4.69, 9.17) is 11.6 Å². The third-order valence-electron chi connectivity index (χ3n) is 3.20. The monoisotopic (exact) mass is 394 g/mol. The Morgan fingerprint density at radius 3 is 2.52 bits per heavy atom. The summed E-state index contributed by atoms with van der Waals surface area (Å²) in [6, 6.07) is 13.6. The lowest BCUT2D eigenvalue weighted by Crippen LogP contribution is -2.44. The molecule has 0 aliphatic rings. The van der Waals surface area contributed by atoms with Gasteiger partial charge in [0.1, 0.15) is 6.04 Å². The largest absolute Gasteiger partial charge is 0.350 e. The molecule has 2 aromatic rings. The van der Waals surface area contributed by atoms with Crippen molar-refractivity contribution >= 4 is 39.3 Å². The number of amides is 2. The van der Waals surface area contributed by atoms with Gasteiger partial charge in [0.05, 0.1) is 0 Å². The Morgan fingerprint density at radius 2 is 1.87 bits per heavy atom. The van der Waals surface area contributed by atoms with Gasteiger partial charge in [0, 0.05) is 21.6 Å². The van der Waals surface area contributed by atoms with Crippen LogP contribution in [0.25, 0.3) is 0 Å². The topological polar surface area (TPSA) is 58.2 Å². The highest BCUT2D eigenvalue weighted by atomic mass is 79.9. The van der Waals surface area contributed by atoms with Gasteiger partial charge in [-0.1, -0.05) is 39.7 Å². The van der Waals surface area contributed by atoms with Crippen LogP contribution in [-0.4, -0.2) is 17.9 Å². The van der Waals surface area contributed by atoms with E-state index in [0.717, 1.165) is 10.0 Å². The smallest absolute Gasteiger partial charge is 0.251 e. The van der Waals surface area contributed by atoms with E-state index in [-0.39, 0.29) is 11.8 Å². The quantitative estimate of drug-likeness (QED) is 0.813. The standard InChI is InChI=1S/C17H16BrClN2O2/c1-11(21-17(23)13-5-7-14(18)8-6-13)16(22)20-10-12-3-2-4-15(19)9-12/h2-9,11H,10H2,1H3,(H,20,22)(H,21,23)/t11-/m1/s1. The Balaban J connectivity index is 1.87. The average Bonchev–Trinajstić information content (AvgIpc) is 2.53. The maximum Gasteiger partial charge on any atom is 0.251 e. The number of hydrogen-bond donors (Lipinski definition) is 2. The molecule has 6 heteroatoms. The van der Waals surface area contributed by atoms with Gasteiger partial charge in [-0.05, 0) is 48.9 Å². The van der Waals surface area contributed by atoms with Crippen LogP contribution in [0.1, 0.15) is 22.8 Å². The van der Waals surface area contributed by atoms with Gasteiger partial charge in [-0.3, -0.25) is 9.59 Å². The summed E-state index contributed by atoms with van der Waals surface area (Å²) in [6.45, 7) is 2.00. The van der Waals surface area contributed by atoms with Crippen LogP contribution < -0.4 is 10.6 Å². The molecule has 0 aliphatic carbocycles. The molecule has 0 unspecified atom stereocenters. The molecule has 0 fully saturated rings. The van der Waals surface area contributed by atoms with Crippen LogP contribution in [0, 0.1) is 0 Å². The van der Waals surface area contributed by atoms with E-state index in [9.17, 15) is 9.59 Å². The van der Waals surface area contributed by atoms with Crippen molar-refractivity contribution in [3.05, 3.63) is 69.2 Å². The minimum atomic E-state index is -0.634. The molecule has 0 radical (unpaired) electrons. The van der Waals surface area contributed by atoms with Crippen LogP contribution in [0.2, 0.25) is 5.02 Å². The Bertz CT molecular complexity index is 704. The molecule has 0 saturated carbocycles. The molecule has 1 atom stereocenters. The molecule has 0 bridgehead atoms. The molecule has 120 valence electrons. The minimum Gasteiger partial charge on any atom is -0.350 e. The number of nitrogens with one attached hydrogen (secondary N) is 2. The van der Waals surface area contributed by atoms with Gasteiger partial charge in [-0.15, -0.1) is 0 Å². The highest BCUT2D eigenvalue weighted by molar-refractivity contribution is 9.10. The predicted octanol–water partition coefficient (Wildman–Crippen LogP) is 3.54. The SMILES string of the molecule is C[C@@H](NC(=O)c1ccc(Br)cc1)C(=O)NCc1cccc(Cl)c1. The molecule has 2 N–H and O–H groups in total. The zero-order chi connectivity index (χ0) is 16.8. The number of carbonyl (C=O) groups excluding carboxylic acids is 2. The second kappa shape index (κ2) is 8.13. The van der Waals surface area contributed by atoms with Gasteiger partial charge in [0.25, 0.3) is 5.91 Å². The van der Waals surface area contributed by atoms with E-state index in [0.29, 0.717) is 17.1 Å². The highest BCUT2D eigenvalue weighted by Crippen LogP contribution is 2.11. The molecule has 0 aliphatic heterocycles. The summed E-state index contributed by atoms with van der Waals surface area (Å²) in [7, 11) is 0. The number of halogens is 2. The van der Waals surface area contributed by atoms with Gasteiger partial charge in [-0.25, -0.2) is 0 Å². The van der Waals surface area contributed by atoms with Gasteiger partial charge in [0.2, 0.25) is 5.91 Å². The number of hydrogen-bond acceptors (Lipinski definition) is 2. The second-order valence-electron chi connectivity index (χ2n) is 5.05. The first-order valence-electron chi connectivity index (χ1n) is 7.04. The van der Waals surface area contributed by atoms with Gasteiger partial charge in [0.15, 0.2) is 0 Å². The van der Waals surface area contributed by atoms with Crippen molar-refractivity contribution < 1.29 is 9.59 Å². The summed E-state index contributed by atoms with van der Waals surface area (Å²) in [5, 5.41) is 6.06. The Labute approximate surface area is 148 Å². The zero-order valence-electron chi connectivity index (χ0n) is 12.5. The normalized spacial score (nSPS) is 11.6. The maximum atomic E-state index is 12.1. The van der Waals surface area contributed by atoms with Gasteiger partial charge < -0.3 is 10.6 Å². The molecule has 0 spiro atoms. The van der Waals surface area contributed by atoms with Crippen LogP contribution in [0.5, 0.6) is 0 Å². The fraction of sp³-hybridized carbons (Fsp3) is 0.176. The second-order valence-corrected chi connectivity index (χ2v) is 6.40. The summed E-state index contributed by atoms with van der Waals surface area (Å²) >= 11 is 9.21. The van der Waals surface area contributed by atoms with E-state index in [1.165, 1.54) is 0 Å². The first kappa shape index (κ1) is 17.5. The van der Waals surface area contributed by atoms with Gasteiger partial charge in [-0.2, -0.15) is 0 Å². The molecule has 0 heterocycles. The van der Waals surface area contributed by atoms with Crippen LogP contribution in [0.4, 0.5) is 0 Å². The van der Waals surface area contributed by atoms with Crippen LogP contribution in [-0.2, 0) is 11.3 Å². The Morgan fingerprint density at radius 1 is 1.17 bits per heavy atom. The summed E-state index contributed by atoms with van der Waals surface area (Å²) in [6.07, 6.45) is 0. The first-order valence-corrected chi connectivity index (χ1v) is 8.21. The maximum absolute atomic E-state index is 12.1. The lowest BCUT2D eigenvalue weighted by Gasteiger charge is -2.14. The van der Waals surface area contributed by atoms with Crippen molar-refractivity contribution in [3.8, 4) is 0 Å². The lowest BCUT2D eigenvalue weighted by molar-refractivity contribution is -0.122. The van der Waals surface area contributed by atoms with E-state index < -0.39 is 6.04 Å². The van der Waals surface area contributed by atoms with Crippen molar-refractivity contribution in [1.29, 1.82) is 0 Å². The predicted molar refractivity (Wildman–Crippen MR) is 94.4 cm³/mol. The van der Waals surface area contributed by atoms with Crippen LogP contribution in [0.3, 0.4) is 0 Å². The molecule has 2 aromatic carbocycles. The third kappa shape index (κ3) is 5.37. The summed E-state index contributed by atoms with van der Waals surface area (Å²) in [5.41, 5.74) is 1.40. The van der Waals surface area contributed by atoms with Crippen molar-refractivity contribution in [1.82, 2.24) is 10.6 Å². The lowest BCUT2D eigenvalue weighted by atomic mass is 10.2. The van der Waals surface area contributed by atoms with Gasteiger partial charge >= 0.3 is 0 Å².